The Kier molecular flexibility index (Phi) is 10.6. The first-order valence-electron chi connectivity index (χ1n) is 14.6. The third kappa shape index (κ3) is 6.86. The lowest BCUT2D eigenvalue weighted by molar-refractivity contribution is -0.549. The summed E-state index contributed by atoms with van der Waals surface area (Å²) in [6, 6.07) is 16.2. The van der Waals surface area contributed by atoms with Crippen LogP contribution in [0.25, 0.3) is 11.1 Å². The summed E-state index contributed by atoms with van der Waals surface area (Å²) in [5, 5.41) is 26.8. The third-order valence-corrected chi connectivity index (χ3v) is 8.00. The average Bonchev–Trinajstić information content (AvgIpc) is 3.03. The van der Waals surface area contributed by atoms with Gasteiger partial charge in [-0.1, -0.05) is 48.6 Å². The number of benzene rings is 2. The van der Waals surface area contributed by atoms with Crippen LogP contribution in [0.4, 0.5) is 11.4 Å². The summed E-state index contributed by atoms with van der Waals surface area (Å²) in [6.07, 6.45) is 9.80. The van der Waals surface area contributed by atoms with Gasteiger partial charge in [0.15, 0.2) is 0 Å². The molecular weight excluding hydrogens is 532 g/mol. The Morgan fingerprint density at radius 1 is 0.619 bits per heavy atom. The lowest BCUT2D eigenvalue weighted by Gasteiger charge is -2.60. The van der Waals surface area contributed by atoms with Crippen molar-refractivity contribution in [2.24, 2.45) is 11.8 Å². The van der Waals surface area contributed by atoms with Gasteiger partial charge in [0.25, 0.3) is 0 Å². The predicted octanol–water partition coefficient (Wildman–Crippen LogP) is 2.85. The van der Waals surface area contributed by atoms with Gasteiger partial charge in [0.05, 0.1) is 39.6 Å². The van der Waals surface area contributed by atoms with Crippen LogP contribution in [0.3, 0.4) is 0 Å². The lowest BCUT2D eigenvalue weighted by Crippen LogP contribution is -2.65. The third-order valence-electron chi connectivity index (χ3n) is 8.00. The molecule has 2 heterocycles. The van der Waals surface area contributed by atoms with E-state index in [9.17, 15) is 10.2 Å². The van der Waals surface area contributed by atoms with Gasteiger partial charge in [-0.3, -0.25) is 0 Å². The van der Waals surface area contributed by atoms with Gasteiger partial charge in [-0.2, -0.15) is 0 Å². The number of nitrogens with zero attached hydrogens (tertiary/aromatic N) is 2. The first-order chi connectivity index (χ1) is 20.6. The highest BCUT2D eigenvalue weighted by molar-refractivity contribution is 5.87. The smallest absolute Gasteiger partial charge is 0.0701 e. The fraction of sp³-hybridized carbons (Fsp3) is 0.412. The molecule has 0 N–H and O–H groups in total. The standard InChI is InChI=1S/C34H40N2O6/c1-39-19-21-41-17-15-35-13-11-25(27-7-3-5-9-31(27)35)23-29-33(37)30(34(29)38)24-26-12-14-36(16-18-42-22-20-40-2)32-10-6-4-8-28(26)32/h3-14,23-24,29-30,33-34H,15-22H2,1-2H3/q-2. The monoisotopic (exact) mass is 572 g/mol. The first-order valence-corrected chi connectivity index (χ1v) is 14.6. The van der Waals surface area contributed by atoms with Crippen LogP contribution in [0.1, 0.15) is 11.1 Å². The molecule has 1 aliphatic carbocycles. The van der Waals surface area contributed by atoms with Gasteiger partial charge in [0.1, 0.15) is 0 Å². The van der Waals surface area contributed by atoms with Crippen LogP contribution in [0.15, 0.2) is 85.2 Å². The van der Waals surface area contributed by atoms with Crippen molar-refractivity contribution < 1.29 is 29.2 Å². The summed E-state index contributed by atoms with van der Waals surface area (Å²) in [5.74, 6) is -1.15. The van der Waals surface area contributed by atoms with E-state index >= 15 is 0 Å². The van der Waals surface area contributed by atoms with Gasteiger partial charge in [-0.15, -0.1) is 12.2 Å². The fourth-order valence-corrected chi connectivity index (χ4v) is 5.65. The summed E-state index contributed by atoms with van der Waals surface area (Å²) < 4.78 is 21.4. The van der Waals surface area contributed by atoms with Crippen molar-refractivity contribution in [2.45, 2.75) is 12.2 Å². The minimum Gasteiger partial charge on any atom is -0.851 e. The quantitative estimate of drug-likeness (QED) is 0.320. The van der Waals surface area contributed by atoms with Gasteiger partial charge < -0.3 is 39.0 Å². The zero-order chi connectivity index (χ0) is 29.3. The van der Waals surface area contributed by atoms with E-state index in [-0.39, 0.29) is 0 Å². The van der Waals surface area contributed by atoms with E-state index in [0.717, 1.165) is 33.6 Å². The van der Waals surface area contributed by atoms with Gasteiger partial charge >= 0.3 is 0 Å². The second-order valence-electron chi connectivity index (χ2n) is 10.6. The molecule has 1 saturated carbocycles. The number of hydrogen-bond acceptors (Lipinski definition) is 8. The van der Waals surface area contributed by atoms with E-state index in [4.69, 9.17) is 18.9 Å². The van der Waals surface area contributed by atoms with Crippen molar-refractivity contribution in [3.63, 3.8) is 0 Å². The number of fused-ring (bicyclic) bond motifs is 2. The maximum atomic E-state index is 13.4. The molecule has 0 amide bonds. The molecule has 42 heavy (non-hydrogen) atoms. The van der Waals surface area contributed by atoms with Crippen molar-refractivity contribution in [3.8, 4) is 0 Å². The zero-order valence-corrected chi connectivity index (χ0v) is 24.4. The molecule has 0 bridgehead atoms. The van der Waals surface area contributed by atoms with Gasteiger partial charge in [0, 0.05) is 62.2 Å². The number of methoxy groups -OCH3 is 2. The Morgan fingerprint density at radius 2 is 1.05 bits per heavy atom. The summed E-state index contributed by atoms with van der Waals surface area (Å²) >= 11 is 0. The molecular formula is C34H40N2O6-2. The molecule has 5 rings (SSSR count). The highest BCUT2D eigenvalue weighted by atomic mass is 16.5. The molecule has 0 aromatic heterocycles. The van der Waals surface area contributed by atoms with Gasteiger partial charge in [-0.25, -0.2) is 0 Å². The van der Waals surface area contributed by atoms with E-state index < -0.39 is 24.0 Å². The number of hydrogen-bond donors (Lipinski definition) is 0. The molecule has 2 aromatic rings. The molecule has 0 atom stereocenters. The summed E-state index contributed by atoms with van der Waals surface area (Å²) in [5.41, 5.74) is 5.98. The molecule has 2 aromatic carbocycles. The molecule has 0 spiro atoms. The van der Waals surface area contributed by atoms with Crippen LogP contribution in [-0.4, -0.2) is 79.2 Å². The summed E-state index contributed by atoms with van der Waals surface area (Å²) in [6.45, 7) is 4.79. The topological polar surface area (TPSA) is 89.5 Å². The maximum absolute atomic E-state index is 13.4. The Balaban J connectivity index is 1.26. The molecule has 2 aliphatic heterocycles. The first kappa shape index (κ1) is 30.2. The van der Waals surface area contributed by atoms with Crippen molar-refractivity contribution in [3.05, 3.63) is 96.4 Å². The minimum absolute atomic E-state index is 0.555. The van der Waals surface area contributed by atoms with Gasteiger partial charge in [0.2, 0.25) is 0 Å². The van der Waals surface area contributed by atoms with E-state index in [1.54, 1.807) is 14.2 Å². The lowest BCUT2D eigenvalue weighted by atomic mass is 9.67. The molecule has 0 saturated heterocycles. The largest absolute Gasteiger partial charge is 0.851 e. The second-order valence-corrected chi connectivity index (χ2v) is 10.6. The van der Waals surface area contributed by atoms with E-state index in [2.05, 4.69) is 21.9 Å². The fourth-order valence-electron chi connectivity index (χ4n) is 5.65. The van der Waals surface area contributed by atoms with Gasteiger partial charge in [-0.05, 0) is 47.3 Å². The second kappa shape index (κ2) is 14.8. The van der Waals surface area contributed by atoms with Crippen molar-refractivity contribution in [1.82, 2.24) is 0 Å². The number of rotatable bonds is 14. The minimum atomic E-state index is -0.993. The molecule has 8 nitrogen and oxygen atoms in total. The number of allylic oxidation sites excluding steroid dienone is 4. The van der Waals surface area contributed by atoms with Crippen LogP contribution in [0, 0.1) is 11.8 Å². The number of para-hydroxylation sites is 2. The molecule has 0 radical (unpaired) electrons. The normalized spacial score (nSPS) is 24.7. The van der Waals surface area contributed by atoms with Crippen molar-refractivity contribution in [2.75, 3.05) is 76.8 Å². The van der Waals surface area contributed by atoms with Crippen LogP contribution in [-0.2, 0) is 18.9 Å². The Labute approximate surface area is 248 Å². The molecule has 1 fully saturated rings. The Morgan fingerprint density at radius 3 is 1.48 bits per heavy atom. The van der Waals surface area contributed by atoms with Crippen molar-refractivity contribution >= 4 is 22.5 Å². The highest BCUT2D eigenvalue weighted by Crippen LogP contribution is 2.41. The number of anilines is 2. The van der Waals surface area contributed by atoms with Crippen LogP contribution in [0.5, 0.6) is 0 Å². The van der Waals surface area contributed by atoms with E-state index in [0.29, 0.717) is 52.7 Å². The van der Waals surface area contributed by atoms with Crippen LogP contribution >= 0.6 is 0 Å². The van der Waals surface area contributed by atoms with E-state index in [1.165, 1.54) is 0 Å². The molecule has 8 heteroatoms. The Hall–Kier alpha value is -3.24. The highest BCUT2D eigenvalue weighted by Gasteiger charge is 2.35. The number of ether oxygens (including phenoxy) is 4. The van der Waals surface area contributed by atoms with E-state index in [1.807, 2.05) is 73.1 Å². The summed E-state index contributed by atoms with van der Waals surface area (Å²) in [4.78, 5) is 4.28. The molecule has 224 valence electrons. The van der Waals surface area contributed by atoms with Crippen LogP contribution < -0.4 is 20.0 Å². The molecule has 3 aliphatic rings. The average molecular weight is 573 g/mol. The maximum Gasteiger partial charge on any atom is 0.0701 e. The predicted molar refractivity (Wildman–Crippen MR) is 162 cm³/mol. The molecule has 0 unspecified atom stereocenters. The van der Waals surface area contributed by atoms with Crippen LogP contribution in [0.2, 0.25) is 0 Å². The van der Waals surface area contributed by atoms with Crippen molar-refractivity contribution in [1.29, 1.82) is 0 Å². The SMILES string of the molecule is COCCOCCN1C=CC(=CC2C([O-])C(C=C3C=CN(CCOCCOC)c4ccccc43)C2[O-])c2ccccc21. The Bertz CT molecular complexity index is 1200. The zero-order valence-electron chi connectivity index (χ0n) is 24.4. The summed E-state index contributed by atoms with van der Waals surface area (Å²) in [7, 11) is 3.31.